The van der Waals surface area contributed by atoms with Gasteiger partial charge in [-0.05, 0) is 42.0 Å². The number of benzene rings is 3. The zero-order valence-corrected chi connectivity index (χ0v) is 13.9. The van der Waals surface area contributed by atoms with E-state index in [2.05, 4.69) is 9.97 Å². The molecule has 0 bridgehead atoms. The molecule has 2 N–H and O–H groups in total. The van der Waals surface area contributed by atoms with Crippen LogP contribution in [0.1, 0.15) is 10.4 Å². The fourth-order valence-electron chi connectivity index (χ4n) is 2.97. The maximum atomic E-state index is 14.7. The Morgan fingerprint density at radius 3 is 2.25 bits per heavy atom. The van der Waals surface area contributed by atoms with Gasteiger partial charge in [0.15, 0.2) is 0 Å². The summed E-state index contributed by atoms with van der Waals surface area (Å²) in [5.41, 5.74) is -0.0849. The number of hydrogen-bond donors (Lipinski definition) is 2. The number of fused-ring (bicyclic) bond motifs is 1. The molecule has 0 unspecified atom stereocenters. The van der Waals surface area contributed by atoms with E-state index in [0.717, 1.165) is 24.3 Å². The Labute approximate surface area is 155 Å². The van der Waals surface area contributed by atoms with E-state index < -0.39 is 29.2 Å². The molecule has 0 aliphatic heterocycles. The molecule has 140 valence electrons. The number of imidazole rings is 1. The highest BCUT2D eigenvalue weighted by Gasteiger charge is 2.18. The molecule has 0 radical (unpaired) electrons. The van der Waals surface area contributed by atoms with Crippen molar-refractivity contribution >= 4 is 17.0 Å². The van der Waals surface area contributed by atoms with Crippen LogP contribution < -0.4 is 0 Å². The summed E-state index contributed by atoms with van der Waals surface area (Å²) >= 11 is 0. The van der Waals surface area contributed by atoms with Crippen LogP contribution in [0.3, 0.4) is 0 Å². The Balaban J connectivity index is 1.82. The maximum Gasteiger partial charge on any atom is 0.338 e. The average Bonchev–Trinajstić information content (AvgIpc) is 3.04. The van der Waals surface area contributed by atoms with Crippen molar-refractivity contribution in [1.82, 2.24) is 9.97 Å². The number of aromatic carboxylic acids is 1. The van der Waals surface area contributed by atoms with Crippen molar-refractivity contribution < 1.29 is 27.5 Å². The predicted octanol–water partition coefficient (Wildman–Crippen LogP) is 5.15. The van der Waals surface area contributed by atoms with Crippen LogP contribution in [0.5, 0.6) is 0 Å². The lowest BCUT2D eigenvalue weighted by atomic mass is 10.0. The van der Waals surface area contributed by atoms with Gasteiger partial charge in [-0.15, -0.1) is 0 Å². The third-order valence-corrected chi connectivity index (χ3v) is 4.25. The number of aromatic amines is 1. The van der Waals surface area contributed by atoms with Crippen LogP contribution in [0.4, 0.5) is 17.6 Å². The minimum atomic E-state index is -1.37. The van der Waals surface area contributed by atoms with Gasteiger partial charge in [0.25, 0.3) is 0 Å². The molecular formula is C20H10F4N2O2. The predicted molar refractivity (Wildman–Crippen MR) is 93.8 cm³/mol. The minimum absolute atomic E-state index is 0.00766. The van der Waals surface area contributed by atoms with Gasteiger partial charge in [-0.3, -0.25) is 0 Å². The zero-order valence-electron chi connectivity index (χ0n) is 13.9. The Morgan fingerprint density at radius 1 is 0.857 bits per heavy atom. The van der Waals surface area contributed by atoms with Gasteiger partial charge in [0.1, 0.15) is 34.6 Å². The van der Waals surface area contributed by atoms with E-state index in [0.29, 0.717) is 6.07 Å². The highest BCUT2D eigenvalue weighted by atomic mass is 19.1. The lowest BCUT2D eigenvalue weighted by Crippen LogP contribution is -1.98. The summed E-state index contributed by atoms with van der Waals surface area (Å²) in [6.07, 6.45) is 0. The lowest BCUT2D eigenvalue weighted by Gasteiger charge is -2.06. The molecule has 4 aromatic rings. The van der Waals surface area contributed by atoms with Gasteiger partial charge in [-0.25, -0.2) is 27.3 Å². The van der Waals surface area contributed by atoms with Crippen molar-refractivity contribution in [2.45, 2.75) is 0 Å². The monoisotopic (exact) mass is 386 g/mol. The van der Waals surface area contributed by atoms with Crippen molar-refractivity contribution in [3.8, 4) is 22.5 Å². The second kappa shape index (κ2) is 6.49. The van der Waals surface area contributed by atoms with Gasteiger partial charge in [0.05, 0.1) is 16.6 Å². The summed E-state index contributed by atoms with van der Waals surface area (Å²) in [5, 5.41) is 9.19. The average molecular weight is 386 g/mol. The lowest BCUT2D eigenvalue weighted by molar-refractivity contribution is 0.0698. The largest absolute Gasteiger partial charge is 0.478 e. The van der Waals surface area contributed by atoms with Gasteiger partial charge < -0.3 is 10.1 Å². The van der Waals surface area contributed by atoms with E-state index in [9.17, 15) is 27.5 Å². The quantitative estimate of drug-likeness (QED) is 0.479. The Bertz CT molecular complexity index is 1250. The number of H-pyrrole nitrogens is 1. The fraction of sp³-hybridized carbons (Fsp3) is 0. The molecule has 0 spiro atoms. The summed E-state index contributed by atoms with van der Waals surface area (Å²) in [5.74, 6) is -4.50. The molecule has 0 aliphatic rings. The van der Waals surface area contributed by atoms with Crippen molar-refractivity contribution in [2.24, 2.45) is 0 Å². The number of carboxylic acids is 1. The summed E-state index contributed by atoms with van der Waals surface area (Å²) in [6, 6.07) is 8.63. The van der Waals surface area contributed by atoms with Crippen molar-refractivity contribution in [2.75, 3.05) is 0 Å². The SMILES string of the molecule is O=C(O)c1cc(F)cc2[nH]c(-c3ccc(-c4ccc(F)cc4F)cc3F)nc12. The summed E-state index contributed by atoms with van der Waals surface area (Å²) in [6.45, 7) is 0. The summed E-state index contributed by atoms with van der Waals surface area (Å²) < 4.78 is 55.2. The van der Waals surface area contributed by atoms with E-state index in [1.165, 1.54) is 18.2 Å². The van der Waals surface area contributed by atoms with Crippen LogP contribution in [-0.4, -0.2) is 21.0 Å². The molecule has 28 heavy (non-hydrogen) atoms. The van der Waals surface area contributed by atoms with Crippen LogP contribution >= 0.6 is 0 Å². The molecule has 0 saturated heterocycles. The van der Waals surface area contributed by atoms with Gasteiger partial charge in [0, 0.05) is 11.6 Å². The number of hydrogen-bond acceptors (Lipinski definition) is 2. The number of nitrogens with zero attached hydrogens (tertiary/aromatic N) is 1. The van der Waals surface area contributed by atoms with Gasteiger partial charge in [0.2, 0.25) is 0 Å². The third kappa shape index (κ3) is 2.98. The molecule has 0 amide bonds. The van der Waals surface area contributed by atoms with E-state index in [-0.39, 0.29) is 39.1 Å². The number of rotatable bonds is 3. The van der Waals surface area contributed by atoms with Gasteiger partial charge in [-0.2, -0.15) is 0 Å². The second-order valence-corrected chi connectivity index (χ2v) is 6.06. The molecule has 3 aromatic carbocycles. The van der Waals surface area contributed by atoms with Gasteiger partial charge in [-0.1, -0.05) is 6.07 Å². The van der Waals surface area contributed by atoms with E-state index in [1.54, 1.807) is 0 Å². The normalized spacial score (nSPS) is 11.1. The molecule has 8 heteroatoms. The third-order valence-electron chi connectivity index (χ3n) is 4.25. The van der Waals surface area contributed by atoms with Crippen LogP contribution in [0.15, 0.2) is 48.5 Å². The molecule has 0 aliphatic carbocycles. The molecule has 4 nitrogen and oxygen atoms in total. The minimum Gasteiger partial charge on any atom is -0.478 e. The molecular weight excluding hydrogens is 376 g/mol. The molecule has 0 saturated carbocycles. The van der Waals surface area contributed by atoms with E-state index in [4.69, 9.17) is 0 Å². The van der Waals surface area contributed by atoms with E-state index in [1.807, 2.05) is 0 Å². The topological polar surface area (TPSA) is 66.0 Å². The molecule has 0 atom stereocenters. The summed E-state index contributed by atoms with van der Waals surface area (Å²) in [7, 11) is 0. The smallest absolute Gasteiger partial charge is 0.338 e. The first-order valence-electron chi connectivity index (χ1n) is 8.01. The second-order valence-electron chi connectivity index (χ2n) is 6.06. The van der Waals surface area contributed by atoms with Crippen molar-refractivity contribution in [3.63, 3.8) is 0 Å². The molecule has 1 aromatic heterocycles. The first kappa shape index (κ1) is 17.7. The van der Waals surface area contributed by atoms with Crippen LogP contribution in [0, 0.1) is 23.3 Å². The first-order chi connectivity index (χ1) is 13.3. The Kier molecular flexibility index (Phi) is 4.11. The van der Waals surface area contributed by atoms with Gasteiger partial charge >= 0.3 is 5.97 Å². The first-order valence-corrected chi connectivity index (χ1v) is 8.01. The summed E-state index contributed by atoms with van der Waals surface area (Å²) in [4.78, 5) is 18.0. The fourth-order valence-corrected chi connectivity index (χ4v) is 2.97. The highest BCUT2D eigenvalue weighted by molar-refractivity contribution is 6.01. The molecule has 4 rings (SSSR count). The number of carboxylic acid groups (broad SMARTS) is 1. The number of nitrogens with one attached hydrogen (secondary N) is 1. The van der Waals surface area contributed by atoms with Crippen molar-refractivity contribution in [1.29, 1.82) is 0 Å². The zero-order chi connectivity index (χ0) is 20.0. The van der Waals surface area contributed by atoms with Crippen LogP contribution in [0.2, 0.25) is 0 Å². The molecule has 1 heterocycles. The molecule has 0 fully saturated rings. The maximum absolute atomic E-state index is 14.7. The van der Waals surface area contributed by atoms with Crippen LogP contribution in [-0.2, 0) is 0 Å². The van der Waals surface area contributed by atoms with E-state index >= 15 is 0 Å². The number of halogens is 4. The van der Waals surface area contributed by atoms with Crippen LogP contribution in [0.25, 0.3) is 33.5 Å². The Morgan fingerprint density at radius 2 is 1.57 bits per heavy atom. The Hall–Kier alpha value is -3.68. The van der Waals surface area contributed by atoms with Crippen molar-refractivity contribution in [3.05, 3.63) is 77.4 Å². The highest BCUT2D eigenvalue weighted by Crippen LogP contribution is 2.30. The number of aromatic nitrogens is 2. The number of carbonyl (C=O) groups is 1. The standard InChI is InChI=1S/C20H10F4N2O2/c21-10-2-4-12(16(24)7-10)9-1-3-13(15(23)5-9)19-25-17-8-11(22)6-14(20(27)28)18(17)26-19/h1-8H,(H,25,26)(H,27,28).